The van der Waals surface area contributed by atoms with Crippen LogP contribution in [0, 0.1) is 0 Å². The van der Waals surface area contributed by atoms with Gasteiger partial charge in [-0.1, -0.05) is 11.6 Å². The molecule has 0 radical (unpaired) electrons. The van der Waals surface area contributed by atoms with Gasteiger partial charge in [-0.25, -0.2) is 0 Å². The molecule has 1 aromatic carbocycles. The van der Waals surface area contributed by atoms with Gasteiger partial charge in [-0.15, -0.1) is 10.2 Å². The topological polar surface area (TPSA) is 50.9 Å². The van der Waals surface area contributed by atoms with Crippen LogP contribution in [0.1, 0.15) is 0 Å². The number of aromatic nitrogens is 3. The van der Waals surface area contributed by atoms with Gasteiger partial charge in [0, 0.05) is 5.69 Å². The van der Waals surface area contributed by atoms with Gasteiger partial charge in [0.25, 0.3) is 0 Å². The summed E-state index contributed by atoms with van der Waals surface area (Å²) >= 11 is 5.73. The summed E-state index contributed by atoms with van der Waals surface area (Å²) in [5.74, 6) is 0.0680. The van der Waals surface area contributed by atoms with Crippen LogP contribution in [0.4, 0.5) is 0 Å². The molecule has 0 fully saturated rings. The molecule has 66 valence electrons. The molecule has 0 aliphatic rings. The Morgan fingerprint density at radius 3 is 2.54 bits per heavy atom. The van der Waals surface area contributed by atoms with E-state index in [0.29, 0.717) is 5.02 Å². The number of nitrogens with zero attached hydrogens (tertiary/aromatic N) is 3. The minimum atomic E-state index is 0.0680. The largest absolute Gasteiger partial charge is 0.506 e. The molecule has 0 bridgehead atoms. The first-order chi connectivity index (χ1) is 6.27. The molecule has 0 amide bonds. The lowest BCUT2D eigenvalue weighted by atomic mass is 10.3. The van der Waals surface area contributed by atoms with Gasteiger partial charge >= 0.3 is 0 Å². The van der Waals surface area contributed by atoms with E-state index in [9.17, 15) is 0 Å². The van der Waals surface area contributed by atoms with Crippen molar-refractivity contribution < 1.29 is 5.11 Å². The van der Waals surface area contributed by atoms with Crippen molar-refractivity contribution in [3.8, 4) is 11.4 Å². The van der Waals surface area contributed by atoms with Crippen LogP contribution in [0.25, 0.3) is 5.69 Å². The summed E-state index contributed by atoms with van der Waals surface area (Å²) in [6.07, 6.45) is 3.12. The zero-order valence-corrected chi connectivity index (χ0v) is 7.31. The number of halogens is 1. The summed E-state index contributed by atoms with van der Waals surface area (Å²) in [5, 5.41) is 16.8. The molecule has 1 aromatic heterocycles. The lowest BCUT2D eigenvalue weighted by Gasteiger charge is -2.02. The molecular formula is C8H6ClN3O. The van der Waals surface area contributed by atoms with Crippen LogP contribution < -0.4 is 0 Å². The fraction of sp³-hybridized carbons (Fsp3) is 0. The molecule has 0 saturated heterocycles. The van der Waals surface area contributed by atoms with Gasteiger partial charge in [-0.2, -0.15) is 0 Å². The van der Waals surface area contributed by atoms with E-state index in [0.717, 1.165) is 5.69 Å². The minimum absolute atomic E-state index is 0.0680. The van der Waals surface area contributed by atoms with Crippen molar-refractivity contribution in [3.05, 3.63) is 35.9 Å². The lowest BCUT2D eigenvalue weighted by Crippen LogP contribution is -1.88. The molecule has 0 aliphatic heterocycles. The Bertz CT molecular complexity index is 413. The molecule has 0 atom stereocenters. The van der Waals surface area contributed by atoms with Crippen molar-refractivity contribution in [2.45, 2.75) is 0 Å². The first-order valence-corrected chi connectivity index (χ1v) is 3.98. The number of rotatable bonds is 1. The monoisotopic (exact) mass is 195 g/mol. The van der Waals surface area contributed by atoms with Crippen LogP contribution in [0.15, 0.2) is 30.9 Å². The molecule has 1 heterocycles. The SMILES string of the molecule is Oc1ccc(-n2cnnc2)cc1Cl. The van der Waals surface area contributed by atoms with Crippen molar-refractivity contribution in [2.75, 3.05) is 0 Å². The third-order valence-corrected chi connectivity index (χ3v) is 1.95. The molecule has 1 N–H and O–H groups in total. The average molecular weight is 196 g/mol. The first kappa shape index (κ1) is 8.07. The molecule has 0 unspecified atom stereocenters. The predicted molar refractivity (Wildman–Crippen MR) is 48.0 cm³/mol. The van der Waals surface area contributed by atoms with Crippen LogP contribution in [-0.4, -0.2) is 19.9 Å². The van der Waals surface area contributed by atoms with Gasteiger partial charge in [0.05, 0.1) is 5.02 Å². The fourth-order valence-corrected chi connectivity index (χ4v) is 1.17. The molecule has 0 spiro atoms. The van der Waals surface area contributed by atoms with Crippen LogP contribution in [-0.2, 0) is 0 Å². The van der Waals surface area contributed by atoms with Gasteiger partial charge in [-0.3, -0.25) is 4.57 Å². The van der Waals surface area contributed by atoms with E-state index in [2.05, 4.69) is 10.2 Å². The molecule has 2 rings (SSSR count). The molecule has 13 heavy (non-hydrogen) atoms. The van der Waals surface area contributed by atoms with E-state index < -0.39 is 0 Å². The van der Waals surface area contributed by atoms with E-state index in [-0.39, 0.29) is 5.75 Å². The minimum Gasteiger partial charge on any atom is -0.506 e. The smallest absolute Gasteiger partial charge is 0.134 e. The summed E-state index contributed by atoms with van der Waals surface area (Å²) in [6.45, 7) is 0. The number of phenolic OH excluding ortho intramolecular Hbond substituents is 1. The predicted octanol–water partition coefficient (Wildman–Crippen LogP) is 1.63. The van der Waals surface area contributed by atoms with Crippen molar-refractivity contribution >= 4 is 11.6 Å². The summed E-state index contributed by atoms with van der Waals surface area (Å²) in [4.78, 5) is 0. The Balaban J connectivity index is 2.49. The molecular weight excluding hydrogens is 190 g/mol. The van der Waals surface area contributed by atoms with E-state index >= 15 is 0 Å². The summed E-state index contributed by atoms with van der Waals surface area (Å²) in [5.41, 5.74) is 0.813. The highest BCUT2D eigenvalue weighted by Crippen LogP contribution is 2.24. The third-order valence-electron chi connectivity index (χ3n) is 1.65. The van der Waals surface area contributed by atoms with Crippen LogP contribution in [0.5, 0.6) is 5.75 Å². The average Bonchev–Trinajstić information content (AvgIpc) is 2.62. The standard InChI is InChI=1S/C8H6ClN3O/c9-7-3-6(1-2-8(7)13)12-4-10-11-5-12/h1-5,13H. The van der Waals surface area contributed by atoms with Crippen molar-refractivity contribution in [1.82, 2.24) is 14.8 Å². The van der Waals surface area contributed by atoms with Crippen LogP contribution in [0.2, 0.25) is 5.02 Å². The highest BCUT2D eigenvalue weighted by atomic mass is 35.5. The number of aromatic hydroxyl groups is 1. The van der Waals surface area contributed by atoms with E-state index in [1.807, 2.05) is 0 Å². The zero-order valence-electron chi connectivity index (χ0n) is 6.55. The second kappa shape index (κ2) is 3.06. The maximum Gasteiger partial charge on any atom is 0.134 e. The highest BCUT2D eigenvalue weighted by molar-refractivity contribution is 6.32. The van der Waals surface area contributed by atoms with Gasteiger partial charge in [0.15, 0.2) is 0 Å². The second-order valence-electron chi connectivity index (χ2n) is 2.50. The van der Waals surface area contributed by atoms with Crippen molar-refractivity contribution in [1.29, 1.82) is 0 Å². The fourth-order valence-electron chi connectivity index (χ4n) is 0.990. The van der Waals surface area contributed by atoms with Gasteiger partial charge in [-0.05, 0) is 18.2 Å². The summed E-state index contributed by atoms with van der Waals surface area (Å²) in [6, 6.07) is 4.89. The molecule has 5 heteroatoms. The Labute approximate surface area is 79.4 Å². The quantitative estimate of drug-likeness (QED) is 0.753. The highest BCUT2D eigenvalue weighted by Gasteiger charge is 2.00. The van der Waals surface area contributed by atoms with Gasteiger partial charge < -0.3 is 5.11 Å². The van der Waals surface area contributed by atoms with Crippen LogP contribution in [0.3, 0.4) is 0 Å². The molecule has 0 aliphatic carbocycles. The maximum atomic E-state index is 9.17. The first-order valence-electron chi connectivity index (χ1n) is 3.61. The number of hydrogen-bond acceptors (Lipinski definition) is 3. The maximum absolute atomic E-state index is 9.17. The number of benzene rings is 1. The summed E-state index contributed by atoms with van der Waals surface area (Å²) < 4.78 is 1.70. The van der Waals surface area contributed by atoms with Crippen molar-refractivity contribution in [2.24, 2.45) is 0 Å². The Kier molecular flexibility index (Phi) is 1.90. The lowest BCUT2D eigenvalue weighted by molar-refractivity contribution is 0.475. The normalized spacial score (nSPS) is 10.2. The van der Waals surface area contributed by atoms with Crippen LogP contribution >= 0.6 is 11.6 Å². The third kappa shape index (κ3) is 1.48. The molecule has 2 aromatic rings. The Morgan fingerprint density at radius 1 is 1.23 bits per heavy atom. The molecule has 4 nitrogen and oxygen atoms in total. The van der Waals surface area contributed by atoms with E-state index in [1.54, 1.807) is 29.4 Å². The number of phenols is 1. The van der Waals surface area contributed by atoms with E-state index in [1.165, 1.54) is 6.07 Å². The van der Waals surface area contributed by atoms with E-state index in [4.69, 9.17) is 16.7 Å². The summed E-state index contributed by atoms with van der Waals surface area (Å²) in [7, 11) is 0. The van der Waals surface area contributed by atoms with Crippen molar-refractivity contribution in [3.63, 3.8) is 0 Å². The Morgan fingerprint density at radius 2 is 1.92 bits per heavy atom. The molecule has 0 saturated carbocycles. The number of hydrogen-bond donors (Lipinski definition) is 1. The Hall–Kier alpha value is -1.55. The second-order valence-corrected chi connectivity index (χ2v) is 2.91. The van der Waals surface area contributed by atoms with Gasteiger partial charge in [0.1, 0.15) is 18.4 Å². The zero-order chi connectivity index (χ0) is 9.26. The van der Waals surface area contributed by atoms with Gasteiger partial charge in [0.2, 0.25) is 0 Å².